The van der Waals surface area contributed by atoms with Crippen molar-refractivity contribution in [2.24, 2.45) is 0 Å². The Morgan fingerprint density at radius 2 is 1.50 bits per heavy atom. The van der Waals surface area contributed by atoms with Gasteiger partial charge in [-0.05, 0) is 0 Å². The van der Waals surface area contributed by atoms with E-state index in [0.717, 1.165) is 0 Å². The van der Waals surface area contributed by atoms with Gasteiger partial charge in [0, 0.05) is 6.42 Å². The van der Waals surface area contributed by atoms with Crippen LogP contribution in [0, 0.1) is 0 Å². The number of aliphatic hydroxyl groups excluding tert-OH is 6. The summed E-state index contributed by atoms with van der Waals surface area (Å²) in [5.41, 5.74) is 0. The second-order valence-electron chi connectivity index (χ2n) is 3.94. The minimum atomic E-state index is -1.44. The van der Waals surface area contributed by atoms with Gasteiger partial charge < -0.3 is 35.4 Å². The molecule has 0 spiro atoms. The monoisotopic (exact) mass is 238 g/mol. The largest absolute Gasteiger partial charge is 0.394 e. The lowest BCUT2D eigenvalue weighted by Crippen LogP contribution is -2.59. The van der Waals surface area contributed by atoms with Crippen molar-refractivity contribution in [2.45, 2.75) is 43.0 Å². The maximum Gasteiger partial charge on any atom is 0.111 e. The van der Waals surface area contributed by atoms with E-state index in [9.17, 15) is 20.4 Å². The van der Waals surface area contributed by atoms with E-state index in [-0.39, 0.29) is 6.42 Å². The highest BCUT2D eigenvalue weighted by Crippen LogP contribution is 2.23. The van der Waals surface area contributed by atoms with E-state index in [4.69, 9.17) is 14.9 Å². The molecule has 16 heavy (non-hydrogen) atoms. The predicted octanol–water partition coefficient (Wildman–Crippen LogP) is -3.43. The van der Waals surface area contributed by atoms with Crippen molar-refractivity contribution in [3.05, 3.63) is 0 Å². The Hall–Kier alpha value is -0.280. The van der Waals surface area contributed by atoms with Crippen molar-refractivity contribution in [3.63, 3.8) is 0 Å². The van der Waals surface area contributed by atoms with E-state index in [2.05, 4.69) is 0 Å². The first-order chi connectivity index (χ1) is 7.51. The molecule has 2 unspecified atom stereocenters. The molecule has 7 heteroatoms. The van der Waals surface area contributed by atoms with Crippen molar-refractivity contribution in [3.8, 4) is 0 Å². The van der Waals surface area contributed by atoms with Crippen LogP contribution in [0.5, 0.6) is 0 Å². The zero-order valence-electron chi connectivity index (χ0n) is 8.68. The average Bonchev–Trinajstić information content (AvgIpc) is 2.29. The smallest absolute Gasteiger partial charge is 0.111 e. The van der Waals surface area contributed by atoms with Gasteiger partial charge in [-0.1, -0.05) is 0 Å². The highest BCUT2D eigenvalue weighted by molar-refractivity contribution is 4.92. The summed E-state index contributed by atoms with van der Waals surface area (Å²) in [7, 11) is 0. The topological polar surface area (TPSA) is 131 Å². The summed E-state index contributed by atoms with van der Waals surface area (Å²) in [4.78, 5) is 0. The van der Waals surface area contributed by atoms with Gasteiger partial charge in [-0.3, -0.25) is 0 Å². The van der Waals surface area contributed by atoms with Crippen LogP contribution in [-0.2, 0) is 4.74 Å². The predicted molar refractivity (Wildman–Crippen MR) is 51.5 cm³/mol. The minimum Gasteiger partial charge on any atom is -0.394 e. The molecule has 6 N–H and O–H groups in total. The van der Waals surface area contributed by atoms with E-state index < -0.39 is 49.8 Å². The number of rotatable bonds is 4. The Morgan fingerprint density at radius 3 is 2.00 bits per heavy atom. The highest BCUT2D eigenvalue weighted by atomic mass is 16.5. The lowest BCUT2D eigenvalue weighted by atomic mass is 9.92. The maximum absolute atomic E-state index is 9.56. The highest BCUT2D eigenvalue weighted by Gasteiger charge is 2.43. The van der Waals surface area contributed by atoms with E-state index in [1.54, 1.807) is 0 Å². The van der Waals surface area contributed by atoms with Crippen LogP contribution in [0.15, 0.2) is 0 Å². The summed E-state index contributed by atoms with van der Waals surface area (Å²) in [5.74, 6) is 0. The molecular formula is C9H18O7. The summed E-state index contributed by atoms with van der Waals surface area (Å²) in [5, 5.41) is 55.2. The molecule has 0 radical (unpaired) electrons. The van der Waals surface area contributed by atoms with E-state index in [1.807, 2.05) is 0 Å². The van der Waals surface area contributed by atoms with E-state index >= 15 is 0 Å². The molecule has 1 fully saturated rings. The molecule has 0 aliphatic carbocycles. The molecule has 1 heterocycles. The number of hydrogen-bond donors (Lipinski definition) is 6. The Kier molecular flexibility index (Phi) is 5.06. The number of aliphatic hydroxyl groups is 6. The Morgan fingerprint density at radius 1 is 0.938 bits per heavy atom. The molecule has 0 aromatic heterocycles. The fourth-order valence-corrected chi connectivity index (χ4v) is 1.72. The van der Waals surface area contributed by atoms with Crippen molar-refractivity contribution in [1.29, 1.82) is 0 Å². The molecule has 1 saturated heterocycles. The molecule has 1 aliphatic rings. The van der Waals surface area contributed by atoms with Gasteiger partial charge in [0.25, 0.3) is 0 Å². The van der Waals surface area contributed by atoms with Crippen LogP contribution in [0.2, 0.25) is 0 Å². The second-order valence-corrected chi connectivity index (χ2v) is 3.94. The van der Waals surface area contributed by atoms with Crippen LogP contribution in [0.25, 0.3) is 0 Å². The van der Waals surface area contributed by atoms with Crippen molar-refractivity contribution >= 4 is 0 Å². The van der Waals surface area contributed by atoms with Crippen molar-refractivity contribution < 1.29 is 35.4 Å². The van der Waals surface area contributed by atoms with Crippen LogP contribution < -0.4 is 0 Å². The molecule has 0 aromatic rings. The minimum absolute atomic E-state index is 0.0854. The standard InChI is InChI=1S/C9H18O7/c10-2-4(12)1-5-7(13)9(15)8(14)6(3-11)16-5/h4-15H,1-3H2/t4?,5?,6-,7+,8-,9-/m1/s1. The molecule has 0 aromatic carbocycles. The molecule has 1 rings (SSSR count). The van der Waals surface area contributed by atoms with Gasteiger partial charge in [0.15, 0.2) is 0 Å². The van der Waals surface area contributed by atoms with Crippen LogP contribution in [0.1, 0.15) is 6.42 Å². The van der Waals surface area contributed by atoms with Crippen LogP contribution in [0.3, 0.4) is 0 Å². The van der Waals surface area contributed by atoms with Gasteiger partial charge in [-0.2, -0.15) is 0 Å². The zero-order chi connectivity index (χ0) is 12.3. The third kappa shape index (κ3) is 2.89. The molecule has 1 aliphatic heterocycles. The van der Waals surface area contributed by atoms with E-state index in [0.29, 0.717) is 0 Å². The SMILES string of the molecule is OCC(O)CC1O[C@H](CO)[C@@H](O)[C@H](O)[C@H]1O. The Labute approximate surface area is 92.5 Å². The maximum atomic E-state index is 9.56. The van der Waals surface area contributed by atoms with Crippen LogP contribution in [-0.4, -0.2) is 80.5 Å². The summed E-state index contributed by atoms with van der Waals surface area (Å²) >= 11 is 0. The third-order valence-electron chi connectivity index (χ3n) is 2.71. The van der Waals surface area contributed by atoms with Gasteiger partial charge in [-0.25, -0.2) is 0 Å². The summed E-state index contributed by atoms with van der Waals surface area (Å²) < 4.78 is 5.12. The first kappa shape index (κ1) is 13.8. The number of ether oxygens (including phenoxy) is 1. The lowest BCUT2D eigenvalue weighted by molar-refractivity contribution is -0.234. The molecule has 6 atom stereocenters. The quantitative estimate of drug-likeness (QED) is 0.300. The molecule has 7 nitrogen and oxygen atoms in total. The molecular weight excluding hydrogens is 220 g/mol. The normalized spacial score (nSPS) is 42.0. The average molecular weight is 238 g/mol. The fourth-order valence-electron chi connectivity index (χ4n) is 1.72. The first-order valence-corrected chi connectivity index (χ1v) is 5.10. The lowest BCUT2D eigenvalue weighted by Gasteiger charge is -2.40. The molecule has 0 bridgehead atoms. The number of hydrogen-bond acceptors (Lipinski definition) is 7. The summed E-state index contributed by atoms with van der Waals surface area (Å²) in [6.45, 7) is -0.994. The van der Waals surface area contributed by atoms with Gasteiger partial charge in [0.2, 0.25) is 0 Å². The fraction of sp³-hybridized carbons (Fsp3) is 1.00. The summed E-state index contributed by atoms with van der Waals surface area (Å²) in [6.07, 6.45) is -7.28. The second kappa shape index (κ2) is 5.87. The van der Waals surface area contributed by atoms with Gasteiger partial charge in [0.05, 0.1) is 25.4 Å². The Balaban J connectivity index is 2.63. The Bertz CT molecular complexity index is 210. The zero-order valence-corrected chi connectivity index (χ0v) is 8.68. The van der Waals surface area contributed by atoms with Gasteiger partial charge in [-0.15, -0.1) is 0 Å². The van der Waals surface area contributed by atoms with Gasteiger partial charge >= 0.3 is 0 Å². The first-order valence-electron chi connectivity index (χ1n) is 5.10. The van der Waals surface area contributed by atoms with Crippen LogP contribution in [0.4, 0.5) is 0 Å². The van der Waals surface area contributed by atoms with Crippen molar-refractivity contribution in [1.82, 2.24) is 0 Å². The van der Waals surface area contributed by atoms with E-state index in [1.165, 1.54) is 0 Å². The molecule has 0 saturated carbocycles. The van der Waals surface area contributed by atoms with Gasteiger partial charge in [0.1, 0.15) is 24.4 Å². The van der Waals surface area contributed by atoms with Crippen molar-refractivity contribution in [2.75, 3.05) is 13.2 Å². The third-order valence-corrected chi connectivity index (χ3v) is 2.71. The molecule has 96 valence electrons. The van der Waals surface area contributed by atoms with Crippen LogP contribution >= 0.6 is 0 Å². The summed E-state index contributed by atoms with van der Waals surface area (Å²) in [6, 6.07) is 0. The molecule has 0 amide bonds.